The van der Waals surface area contributed by atoms with Crippen LogP contribution in [0.25, 0.3) is 0 Å². The Hall–Kier alpha value is -0.970. The van der Waals surface area contributed by atoms with Gasteiger partial charge in [-0.1, -0.05) is 35.9 Å². The molecule has 0 atom stereocenters. The topological polar surface area (TPSA) is 35.0 Å². The number of methoxy groups -OCH3 is 1. The Morgan fingerprint density at radius 1 is 1.26 bits per heavy atom. The number of hydrogen-bond acceptors (Lipinski definition) is 3. The molecule has 0 unspecified atom stereocenters. The SMILES string of the molecule is COCc1nc(Cc2ccccc2C)nc(Cl)c1Br. The minimum absolute atomic E-state index is 0.406. The van der Waals surface area contributed by atoms with E-state index in [1.807, 2.05) is 12.1 Å². The van der Waals surface area contributed by atoms with Gasteiger partial charge in [-0.2, -0.15) is 0 Å². The van der Waals surface area contributed by atoms with Gasteiger partial charge >= 0.3 is 0 Å². The van der Waals surface area contributed by atoms with Crippen LogP contribution in [-0.2, 0) is 17.8 Å². The van der Waals surface area contributed by atoms with Gasteiger partial charge in [-0.15, -0.1) is 0 Å². The maximum Gasteiger partial charge on any atom is 0.147 e. The van der Waals surface area contributed by atoms with Gasteiger partial charge < -0.3 is 4.74 Å². The second-order valence-electron chi connectivity index (χ2n) is 4.23. The van der Waals surface area contributed by atoms with Crippen molar-refractivity contribution < 1.29 is 4.74 Å². The first-order valence-corrected chi connectivity index (χ1v) is 7.03. The Balaban J connectivity index is 2.33. The molecule has 3 nitrogen and oxygen atoms in total. The van der Waals surface area contributed by atoms with Crippen LogP contribution in [0.2, 0.25) is 5.15 Å². The molecule has 0 bridgehead atoms. The van der Waals surface area contributed by atoms with Crippen molar-refractivity contribution in [3.8, 4) is 0 Å². The van der Waals surface area contributed by atoms with E-state index in [4.69, 9.17) is 16.3 Å². The lowest BCUT2D eigenvalue weighted by atomic mass is 10.1. The molecular weight excluding hydrogens is 328 g/mol. The fourth-order valence-corrected chi connectivity index (χ4v) is 2.30. The molecule has 0 N–H and O–H groups in total. The van der Waals surface area contributed by atoms with Crippen LogP contribution in [0.15, 0.2) is 28.7 Å². The summed E-state index contributed by atoms with van der Waals surface area (Å²) >= 11 is 9.49. The van der Waals surface area contributed by atoms with Crippen molar-refractivity contribution in [1.29, 1.82) is 0 Å². The van der Waals surface area contributed by atoms with Gasteiger partial charge in [-0.25, -0.2) is 9.97 Å². The van der Waals surface area contributed by atoms with Crippen molar-refractivity contribution in [2.24, 2.45) is 0 Å². The summed E-state index contributed by atoms with van der Waals surface area (Å²) in [6.45, 7) is 2.48. The molecule has 0 spiro atoms. The largest absolute Gasteiger partial charge is 0.378 e. The van der Waals surface area contributed by atoms with E-state index >= 15 is 0 Å². The highest BCUT2D eigenvalue weighted by Crippen LogP contribution is 2.25. The number of ether oxygens (including phenoxy) is 1. The van der Waals surface area contributed by atoms with Gasteiger partial charge in [0.15, 0.2) is 0 Å². The summed E-state index contributed by atoms with van der Waals surface area (Å²) in [6, 6.07) is 8.18. The third kappa shape index (κ3) is 3.53. The van der Waals surface area contributed by atoms with Crippen molar-refractivity contribution >= 4 is 27.5 Å². The van der Waals surface area contributed by atoms with Crippen molar-refractivity contribution in [3.63, 3.8) is 0 Å². The molecule has 2 aromatic rings. The lowest BCUT2D eigenvalue weighted by Gasteiger charge is -2.09. The molecule has 0 fully saturated rings. The molecule has 19 heavy (non-hydrogen) atoms. The summed E-state index contributed by atoms with van der Waals surface area (Å²) in [7, 11) is 1.63. The van der Waals surface area contributed by atoms with Gasteiger partial charge in [0.1, 0.15) is 11.0 Å². The first kappa shape index (κ1) is 14.4. The fourth-order valence-electron chi connectivity index (χ4n) is 1.80. The maximum absolute atomic E-state index is 6.11. The molecule has 0 aliphatic rings. The minimum atomic E-state index is 0.406. The van der Waals surface area contributed by atoms with Crippen LogP contribution in [0.4, 0.5) is 0 Å². The second-order valence-corrected chi connectivity index (χ2v) is 5.38. The number of aromatic nitrogens is 2. The summed E-state index contributed by atoms with van der Waals surface area (Å²) < 4.78 is 5.81. The van der Waals surface area contributed by atoms with Gasteiger partial charge in [0, 0.05) is 13.5 Å². The zero-order chi connectivity index (χ0) is 13.8. The second kappa shape index (κ2) is 6.46. The summed E-state index contributed by atoms with van der Waals surface area (Å²) in [6.07, 6.45) is 0.663. The molecule has 0 saturated carbocycles. The predicted molar refractivity (Wildman–Crippen MR) is 79.4 cm³/mol. The number of halogens is 2. The fraction of sp³-hybridized carbons (Fsp3) is 0.286. The predicted octanol–water partition coefficient (Wildman–Crippen LogP) is 3.94. The lowest BCUT2D eigenvalue weighted by molar-refractivity contribution is 0.180. The number of aryl methyl sites for hydroxylation is 1. The minimum Gasteiger partial charge on any atom is -0.378 e. The van der Waals surface area contributed by atoms with Gasteiger partial charge in [0.2, 0.25) is 0 Å². The number of rotatable bonds is 4. The zero-order valence-electron chi connectivity index (χ0n) is 10.8. The van der Waals surface area contributed by atoms with Gasteiger partial charge in [0.05, 0.1) is 16.8 Å². The van der Waals surface area contributed by atoms with Crippen molar-refractivity contribution in [3.05, 3.63) is 56.5 Å². The summed E-state index contributed by atoms with van der Waals surface area (Å²) in [5, 5.41) is 0.422. The number of nitrogens with zero attached hydrogens (tertiary/aromatic N) is 2. The highest BCUT2D eigenvalue weighted by molar-refractivity contribution is 9.10. The Morgan fingerprint density at radius 3 is 2.68 bits per heavy atom. The molecule has 100 valence electrons. The molecule has 0 saturated heterocycles. The third-order valence-corrected chi connectivity index (χ3v) is 4.15. The first-order valence-electron chi connectivity index (χ1n) is 5.86. The average Bonchev–Trinajstić information content (AvgIpc) is 2.38. The molecule has 0 aliphatic heterocycles. The molecule has 2 rings (SSSR count). The van der Waals surface area contributed by atoms with E-state index in [2.05, 4.69) is 45.0 Å². The standard InChI is InChI=1S/C14H14BrClN2O/c1-9-5-3-4-6-10(9)7-12-17-11(8-19-2)13(15)14(16)18-12/h3-6H,7-8H2,1-2H3. The van der Waals surface area contributed by atoms with E-state index in [-0.39, 0.29) is 0 Å². The summed E-state index contributed by atoms with van der Waals surface area (Å²) in [5.41, 5.74) is 3.19. The van der Waals surface area contributed by atoms with Crippen LogP contribution in [0.1, 0.15) is 22.6 Å². The van der Waals surface area contributed by atoms with E-state index in [1.165, 1.54) is 11.1 Å². The Kier molecular flexibility index (Phi) is 4.91. The quantitative estimate of drug-likeness (QED) is 0.790. The Labute approximate surface area is 126 Å². The molecule has 0 amide bonds. The van der Waals surface area contributed by atoms with Gasteiger partial charge in [-0.3, -0.25) is 0 Å². The van der Waals surface area contributed by atoms with Gasteiger partial charge in [0.25, 0.3) is 0 Å². The van der Waals surface area contributed by atoms with Crippen molar-refractivity contribution in [2.75, 3.05) is 7.11 Å². The Morgan fingerprint density at radius 2 is 2.00 bits per heavy atom. The molecule has 0 radical (unpaired) electrons. The van der Waals surface area contributed by atoms with E-state index in [9.17, 15) is 0 Å². The lowest BCUT2D eigenvalue weighted by Crippen LogP contribution is -2.04. The zero-order valence-corrected chi connectivity index (χ0v) is 13.1. The number of benzene rings is 1. The summed E-state index contributed by atoms with van der Waals surface area (Å²) in [5.74, 6) is 0.703. The molecular formula is C14H14BrClN2O. The monoisotopic (exact) mass is 340 g/mol. The van der Waals surface area contributed by atoms with Crippen molar-refractivity contribution in [2.45, 2.75) is 20.0 Å². The van der Waals surface area contributed by atoms with E-state index < -0.39 is 0 Å². The Bertz CT molecular complexity index is 590. The van der Waals surface area contributed by atoms with Crippen LogP contribution in [0, 0.1) is 6.92 Å². The van der Waals surface area contributed by atoms with Gasteiger partial charge in [-0.05, 0) is 34.0 Å². The van der Waals surface area contributed by atoms with Crippen LogP contribution < -0.4 is 0 Å². The molecule has 1 aromatic carbocycles. The van der Waals surface area contributed by atoms with Crippen molar-refractivity contribution in [1.82, 2.24) is 9.97 Å². The molecule has 0 aliphatic carbocycles. The highest BCUT2D eigenvalue weighted by Gasteiger charge is 2.11. The highest BCUT2D eigenvalue weighted by atomic mass is 79.9. The number of hydrogen-bond donors (Lipinski definition) is 0. The molecule has 5 heteroatoms. The third-order valence-electron chi connectivity index (χ3n) is 2.82. The van der Waals surface area contributed by atoms with E-state index in [0.29, 0.717) is 28.5 Å². The molecule has 1 aromatic heterocycles. The van der Waals surface area contributed by atoms with E-state index in [1.54, 1.807) is 7.11 Å². The average molecular weight is 342 g/mol. The van der Waals surface area contributed by atoms with E-state index in [0.717, 1.165) is 5.69 Å². The molecule has 1 heterocycles. The summed E-state index contributed by atoms with van der Waals surface area (Å²) in [4.78, 5) is 8.80. The van der Waals surface area contributed by atoms with Crippen LogP contribution in [0.5, 0.6) is 0 Å². The first-order chi connectivity index (χ1) is 9.11. The smallest absolute Gasteiger partial charge is 0.147 e. The van der Waals surface area contributed by atoms with Crippen LogP contribution in [-0.4, -0.2) is 17.1 Å². The van der Waals surface area contributed by atoms with Crippen LogP contribution >= 0.6 is 27.5 Å². The maximum atomic E-state index is 6.11. The van der Waals surface area contributed by atoms with Crippen LogP contribution in [0.3, 0.4) is 0 Å². The normalized spacial score (nSPS) is 10.7.